The normalized spacial score (nSPS) is 10.2. The maximum absolute atomic E-state index is 10.9. The Morgan fingerprint density at radius 2 is 1.79 bits per heavy atom. The smallest absolute Gasteiger partial charge is 0.289 e. The van der Waals surface area contributed by atoms with Gasteiger partial charge < -0.3 is 10.6 Å². The van der Waals surface area contributed by atoms with E-state index in [0.29, 0.717) is 10.8 Å². The summed E-state index contributed by atoms with van der Waals surface area (Å²) in [5, 5.41) is 17.3. The minimum atomic E-state index is -0.529. The molecule has 0 aliphatic carbocycles. The number of nitrogens with one attached hydrogen (secondary N) is 2. The van der Waals surface area contributed by atoms with Crippen molar-refractivity contribution >= 4 is 46.0 Å². The van der Waals surface area contributed by atoms with Crippen LogP contribution < -0.4 is 10.6 Å². The summed E-state index contributed by atoms with van der Waals surface area (Å²) >= 11 is 11.0. The lowest BCUT2D eigenvalue weighted by molar-refractivity contribution is -0.384. The fraction of sp³-hybridized carbons (Fsp3) is 0.235. The van der Waals surface area contributed by atoms with E-state index in [1.165, 1.54) is 30.5 Å². The minimum absolute atomic E-state index is 0.0899. The van der Waals surface area contributed by atoms with Gasteiger partial charge in [0.1, 0.15) is 5.02 Å². The lowest BCUT2D eigenvalue weighted by atomic mass is 10.1. The molecule has 0 radical (unpaired) electrons. The first-order chi connectivity index (χ1) is 11.5. The van der Waals surface area contributed by atoms with Crippen molar-refractivity contribution in [2.75, 3.05) is 10.6 Å². The van der Waals surface area contributed by atoms with Crippen LogP contribution in [-0.2, 0) is 6.42 Å². The number of nitro groups is 1. The zero-order chi connectivity index (χ0) is 17.5. The lowest BCUT2D eigenvalue weighted by Gasteiger charge is -2.11. The van der Waals surface area contributed by atoms with Gasteiger partial charge in [0.2, 0.25) is 0 Å². The van der Waals surface area contributed by atoms with Crippen LogP contribution in [0.15, 0.2) is 42.5 Å². The molecule has 0 aliphatic heterocycles. The van der Waals surface area contributed by atoms with Crippen LogP contribution in [0.25, 0.3) is 0 Å². The largest absolute Gasteiger partial charge is 0.332 e. The summed E-state index contributed by atoms with van der Waals surface area (Å²) in [6.07, 6.45) is 3.40. The number of thiocarbonyl (C=S) groups is 1. The van der Waals surface area contributed by atoms with Crippen molar-refractivity contribution in [2.45, 2.75) is 26.2 Å². The summed E-state index contributed by atoms with van der Waals surface area (Å²) in [6, 6.07) is 12.5. The summed E-state index contributed by atoms with van der Waals surface area (Å²) in [4.78, 5) is 10.4. The van der Waals surface area contributed by atoms with Gasteiger partial charge in [-0.05, 0) is 54.9 Å². The Balaban J connectivity index is 1.98. The first-order valence-corrected chi connectivity index (χ1v) is 8.39. The number of halogens is 1. The van der Waals surface area contributed by atoms with Crippen LogP contribution in [-0.4, -0.2) is 10.0 Å². The molecule has 0 heterocycles. The van der Waals surface area contributed by atoms with E-state index in [9.17, 15) is 10.1 Å². The fourth-order valence-electron chi connectivity index (χ4n) is 2.16. The predicted octanol–water partition coefficient (Wildman–Crippen LogP) is 5.40. The second-order valence-electron chi connectivity index (χ2n) is 5.30. The Hall–Kier alpha value is -2.18. The Kier molecular flexibility index (Phi) is 6.52. The number of unbranched alkanes of at least 4 members (excludes halogenated alkanes) is 1. The van der Waals surface area contributed by atoms with Crippen LogP contribution in [0.4, 0.5) is 17.1 Å². The number of hydrogen-bond acceptors (Lipinski definition) is 3. The summed E-state index contributed by atoms with van der Waals surface area (Å²) in [7, 11) is 0. The van der Waals surface area contributed by atoms with Crippen LogP contribution in [0.1, 0.15) is 25.3 Å². The molecule has 0 atom stereocenters. The van der Waals surface area contributed by atoms with Crippen molar-refractivity contribution in [1.82, 2.24) is 0 Å². The summed E-state index contributed by atoms with van der Waals surface area (Å²) in [6.45, 7) is 2.17. The van der Waals surface area contributed by atoms with E-state index in [0.717, 1.165) is 12.1 Å². The number of rotatable bonds is 6. The molecule has 0 aromatic heterocycles. The van der Waals surface area contributed by atoms with Gasteiger partial charge in [-0.3, -0.25) is 10.1 Å². The third-order valence-electron chi connectivity index (χ3n) is 3.43. The molecule has 7 heteroatoms. The topological polar surface area (TPSA) is 67.2 Å². The number of anilines is 2. The van der Waals surface area contributed by atoms with Crippen LogP contribution in [0.3, 0.4) is 0 Å². The van der Waals surface area contributed by atoms with E-state index in [1.54, 1.807) is 6.07 Å². The average molecular weight is 364 g/mol. The molecular weight excluding hydrogens is 346 g/mol. The van der Waals surface area contributed by atoms with Gasteiger partial charge in [-0.1, -0.05) is 37.1 Å². The van der Waals surface area contributed by atoms with Gasteiger partial charge >= 0.3 is 0 Å². The molecule has 126 valence electrons. The highest BCUT2D eigenvalue weighted by atomic mass is 35.5. The first-order valence-electron chi connectivity index (χ1n) is 7.60. The number of aryl methyl sites for hydroxylation is 1. The van der Waals surface area contributed by atoms with Crippen LogP contribution in [0, 0.1) is 10.1 Å². The molecule has 2 aromatic rings. The zero-order valence-corrected chi connectivity index (χ0v) is 14.8. The standard InChI is InChI=1S/C17H18ClN3O2S/c1-2-3-4-12-5-7-13(8-6-12)19-17(24)20-14-9-10-15(18)16(11-14)21(22)23/h5-11H,2-4H2,1H3,(H2,19,20,24). The van der Waals surface area contributed by atoms with E-state index in [4.69, 9.17) is 23.8 Å². The predicted molar refractivity (Wildman–Crippen MR) is 103 cm³/mol. The van der Waals surface area contributed by atoms with E-state index in [1.807, 2.05) is 12.1 Å². The molecule has 0 spiro atoms. The van der Waals surface area contributed by atoms with E-state index >= 15 is 0 Å². The van der Waals surface area contributed by atoms with Crippen molar-refractivity contribution in [1.29, 1.82) is 0 Å². The Morgan fingerprint density at radius 3 is 2.42 bits per heavy atom. The zero-order valence-electron chi connectivity index (χ0n) is 13.2. The molecule has 0 saturated carbocycles. The molecular formula is C17H18ClN3O2S. The van der Waals surface area contributed by atoms with Gasteiger partial charge in [-0.25, -0.2) is 0 Å². The Morgan fingerprint density at radius 1 is 1.17 bits per heavy atom. The third kappa shape index (κ3) is 5.18. The molecule has 0 saturated heterocycles. The quantitative estimate of drug-likeness (QED) is 0.408. The van der Waals surface area contributed by atoms with Crippen LogP contribution in [0.2, 0.25) is 5.02 Å². The maximum atomic E-state index is 10.9. The molecule has 24 heavy (non-hydrogen) atoms. The minimum Gasteiger partial charge on any atom is -0.332 e. The van der Waals surface area contributed by atoms with Gasteiger partial charge in [0.25, 0.3) is 5.69 Å². The Bertz CT molecular complexity index is 735. The number of hydrogen-bond donors (Lipinski definition) is 2. The monoisotopic (exact) mass is 363 g/mol. The van der Waals surface area contributed by atoms with Crippen molar-refractivity contribution in [3.8, 4) is 0 Å². The highest BCUT2D eigenvalue weighted by molar-refractivity contribution is 7.80. The highest BCUT2D eigenvalue weighted by Crippen LogP contribution is 2.27. The van der Waals surface area contributed by atoms with Crippen molar-refractivity contribution in [3.63, 3.8) is 0 Å². The molecule has 2 N–H and O–H groups in total. The van der Waals surface area contributed by atoms with Crippen LogP contribution in [0.5, 0.6) is 0 Å². The summed E-state index contributed by atoms with van der Waals surface area (Å²) < 4.78 is 0. The second-order valence-corrected chi connectivity index (χ2v) is 6.12. The summed E-state index contributed by atoms with van der Waals surface area (Å²) in [5.74, 6) is 0. The number of benzene rings is 2. The van der Waals surface area contributed by atoms with Gasteiger partial charge in [0.15, 0.2) is 5.11 Å². The molecule has 2 rings (SSSR count). The summed E-state index contributed by atoms with van der Waals surface area (Å²) in [5.41, 5.74) is 2.48. The molecule has 0 unspecified atom stereocenters. The number of nitro benzene ring substituents is 1. The fourth-order valence-corrected chi connectivity index (χ4v) is 2.58. The van der Waals surface area contributed by atoms with E-state index < -0.39 is 4.92 Å². The van der Waals surface area contributed by atoms with Crippen molar-refractivity contribution in [3.05, 3.63) is 63.2 Å². The second kappa shape index (κ2) is 8.61. The maximum Gasteiger partial charge on any atom is 0.289 e. The van der Waals surface area contributed by atoms with Gasteiger partial charge in [-0.15, -0.1) is 0 Å². The highest BCUT2D eigenvalue weighted by Gasteiger charge is 2.13. The molecule has 5 nitrogen and oxygen atoms in total. The molecule has 0 bridgehead atoms. The molecule has 0 fully saturated rings. The van der Waals surface area contributed by atoms with Crippen molar-refractivity contribution < 1.29 is 4.92 Å². The molecule has 2 aromatic carbocycles. The van der Waals surface area contributed by atoms with Gasteiger partial charge in [0.05, 0.1) is 4.92 Å². The van der Waals surface area contributed by atoms with Gasteiger partial charge in [-0.2, -0.15) is 0 Å². The first kappa shape index (κ1) is 18.2. The number of nitrogens with zero attached hydrogens (tertiary/aromatic N) is 1. The third-order valence-corrected chi connectivity index (χ3v) is 3.96. The molecule has 0 amide bonds. The van der Waals surface area contributed by atoms with E-state index in [2.05, 4.69) is 29.7 Å². The average Bonchev–Trinajstić information content (AvgIpc) is 2.55. The van der Waals surface area contributed by atoms with Crippen molar-refractivity contribution in [2.24, 2.45) is 0 Å². The van der Waals surface area contributed by atoms with Gasteiger partial charge in [0, 0.05) is 17.4 Å². The SMILES string of the molecule is CCCCc1ccc(NC(=S)Nc2ccc(Cl)c([N+](=O)[O-])c2)cc1. The lowest BCUT2D eigenvalue weighted by Crippen LogP contribution is -2.19. The van der Waals surface area contributed by atoms with Crippen LogP contribution >= 0.6 is 23.8 Å². The Labute approximate surface area is 151 Å². The molecule has 0 aliphatic rings. The van der Waals surface area contributed by atoms with E-state index in [-0.39, 0.29) is 10.7 Å².